The van der Waals surface area contributed by atoms with E-state index in [1.54, 1.807) is 31.2 Å². The van der Waals surface area contributed by atoms with E-state index < -0.39 is 16.1 Å². The summed E-state index contributed by atoms with van der Waals surface area (Å²) in [7, 11) is -3.31. The van der Waals surface area contributed by atoms with Crippen molar-refractivity contribution in [1.29, 1.82) is 0 Å². The van der Waals surface area contributed by atoms with Gasteiger partial charge in [-0.2, -0.15) is 0 Å². The second-order valence-corrected chi connectivity index (χ2v) is 13.1. The molecule has 0 spiro atoms. The molecular weight excluding hydrogens is 564 g/mol. The highest BCUT2D eigenvalue weighted by Crippen LogP contribution is 2.25. The molecule has 2 aliphatic rings. The van der Waals surface area contributed by atoms with Crippen molar-refractivity contribution in [2.75, 3.05) is 24.1 Å². The highest BCUT2D eigenvalue weighted by molar-refractivity contribution is 7.92. The molecule has 4 N–H and O–H groups in total. The van der Waals surface area contributed by atoms with Gasteiger partial charge in [-0.3, -0.25) is 14.4 Å². The number of aliphatic hydroxyl groups is 1. The quantitative estimate of drug-likeness (QED) is 0.282. The van der Waals surface area contributed by atoms with E-state index >= 15 is 0 Å². The minimum atomic E-state index is -3.31. The maximum Gasteiger partial charge on any atom is 0.237 e. The number of nitrogens with one attached hydrogen (secondary N) is 3. The van der Waals surface area contributed by atoms with Gasteiger partial charge in [0.25, 0.3) is 0 Å². The van der Waals surface area contributed by atoms with Crippen molar-refractivity contribution >= 4 is 34.0 Å². The Morgan fingerprint density at radius 1 is 0.951 bits per heavy atom. The molecule has 2 aromatic carbocycles. The van der Waals surface area contributed by atoms with Crippen molar-refractivity contribution in [1.82, 2.24) is 15.5 Å². The van der Waals surface area contributed by atoms with Crippen molar-refractivity contribution in [3.63, 3.8) is 0 Å². The van der Waals surface area contributed by atoms with Crippen LogP contribution in [0.1, 0.15) is 63.9 Å². The van der Waals surface area contributed by atoms with Gasteiger partial charge in [-0.15, -0.1) is 12.4 Å². The highest BCUT2D eigenvalue weighted by Gasteiger charge is 2.28. The highest BCUT2D eigenvalue weighted by atomic mass is 35.5. The van der Waals surface area contributed by atoms with Crippen LogP contribution in [0, 0.1) is 0 Å². The summed E-state index contributed by atoms with van der Waals surface area (Å²) in [5.41, 5.74) is 1.69. The van der Waals surface area contributed by atoms with E-state index in [2.05, 4.69) is 32.4 Å². The van der Waals surface area contributed by atoms with Gasteiger partial charge < -0.3 is 20.5 Å². The molecule has 0 radical (unpaired) electrons. The molecule has 0 aromatic heterocycles. The van der Waals surface area contributed by atoms with Gasteiger partial charge in [0.15, 0.2) is 0 Å². The van der Waals surface area contributed by atoms with Gasteiger partial charge in [0.2, 0.25) is 15.9 Å². The number of benzene rings is 2. The van der Waals surface area contributed by atoms with E-state index in [0.717, 1.165) is 51.6 Å². The Balaban J connectivity index is 0.00000462. The minimum Gasteiger partial charge on any atom is -0.457 e. The number of halogens is 1. The summed E-state index contributed by atoms with van der Waals surface area (Å²) >= 11 is 0. The summed E-state index contributed by atoms with van der Waals surface area (Å²) in [4.78, 5) is 15.4. The maximum absolute atomic E-state index is 13.0. The van der Waals surface area contributed by atoms with Crippen molar-refractivity contribution in [2.45, 2.75) is 89.1 Å². The molecule has 2 unspecified atom stereocenters. The lowest BCUT2D eigenvalue weighted by molar-refractivity contribution is -0.125. The van der Waals surface area contributed by atoms with E-state index in [0.29, 0.717) is 23.6 Å². The smallest absolute Gasteiger partial charge is 0.237 e. The Morgan fingerprint density at radius 2 is 1.54 bits per heavy atom. The summed E-state index contributed by atoms with van der Waals surface area (Å²) in [5.74, 6) is 1.37. The molecule has 2 aromatic rings. The van der Waals surface area contributed by atoms with Crippen LogP contribution in [0.2, 0.25) is 0 Å². The third-order valence-corrected chi connectivity index (χ3v) is 8.20. The predicted octanol–water partition coefficient (Wildman–Crippen LogP) is 4.41. The van der Waals surface area contributed by atoms with Crippen molar-refractivity contribution in [3.8, 4) is 11.5 Å². The lowest BCUT2D eigenvalue weighted by Gasteiger charge is -2.35. The SMILES string of the molecule is CC(O)CC(NC1CCN(Cc2ccc(Oc3ccc(NS(C)(=O)=O)cc3)cc2)CC1)C(=O)NC1CCCCC1.Cl. The predicted molar refractivity (Wildman–Crippen MR) is 165 cm³/mol. The van der Waals surface area contributed by atoms with Crippen LogP contribution in [-0.4, -0.2) is 67.9 Å². The first-order valence-corrected chi connectivity index (χ1v) is 16.3. The van der Waals surface area contributed by atoms with Crippen LogP contribution < -0.4 is 20.1 Å². The molecule has 9 nitrogen and oxygen atoms in total. The third kappa shape index (κ3) is 11.4. The Bertz CT molecular complexity index is 1180. The molecule has 4 rings (SSSR count). The van der Waals surface area contributed by atoms with Crippen molar-refractivity contribution in [2.24, 2.45) is 0 Å². The van der Waals surface area contributed by atoms with E-state index in [1.165, 1.54) is 24.8 Å². The molecule has 1 amide bonds. The van der Waals surface area contributed by atoms with Crippen molar-refractivity contribution < 1.29 is 23.1 Å². The Morgan fingerprint density at radius 3 is 2.10 bits per heavy atom. The molecular formula is C30H45ClN4O5S. The van der Waals surface area contributed by atoms with Gasteiger partial charge in [0.05, 0.1) is 18.4 Å². The number of sulfonamides is 1. The topological polar surface area (TPSA) is 120 Å². The molecule has 1 aliphatic heterocycles. The number of hydrogen-bond donors (Lipinski definition) is 4. The fourth-order valence-electron chi connectivity index (χ4n) is 5.55. The summed E-state index contributed by atoms with van der Waals surface area (Å²) in [5, 5.41) is 16.8. The summed E-state index contributed by atoms with van der Waals surface area (Å²) < 4.78 is 31.1. The fourth-order valence-corrected chi connectivity index (χ4v) is 6.11. The van der Waals surface area contributed by atoms with Crippen LogP contribution in [0.15, 0.2) is 48.5 Å². The second-order valence-electron chi connectivity index (χ2n) is 11.3. The number of rotatable bonds is 12. The lowest BCUT2D eigenvalue weighted by Crippen LogP contribution is -2.54. The van der Waals surface area contributed by atoms with Crippen LogP contribution in [0.25, 0.3) is 0 Å². The van der Waals surface area contributed by atoms with Crippen LogP contribution in [-0.2, 0) is 21.4 Å². The number of hydrogen-bond acceptors (Lipinski definition) is 7. The Hall–Kier alpha value is -2.37. The molecule has 1 aliphatic carbocycles. The standard InChI is InChI=1S/C30H44N4O5S.ClH/c1-22(35)20-29(30(36)32-24-6-4-3-5-7-24)31-25-16-18-34(19-17-25)21-23-8-12-27(13-9-23)39-28-14-10-26(11-15-28)33-40(2,37)38;/h8-15,22,24-25,29,31,33,35H,3-7,16-21H2,1-2H3,(H,32,36);1H. The molecule has 1 saturated heterocycles. The van der Waals surface area contributed by atoms with Crippen LogP contribution in [0.3, 0.4) is 0 Å². The van der Waals surface area contributed by atoms with Gasteiger partial charge in [0.1, 0.15) is 11.5 Å². The number of aliphatic hydroxyl groups excluding tert-OH is 1. The van der Waals surface area contributed by atoms with Gasteiger partial charge >= 0.3 is 0 Å². The lowest BCUT2D eigenvalue weighted by atomic mass is 9.95. The van der Waals surface area contributed by atoms with Gasteiger partial charge in [0, 0.05) is 24.3 Å². The summed E-state index contributed by atoms with van der Waals surface area (Å²) in [6.07, 6.45) is 8.63. The zero-order valence-electron chi connectivity index (χ0n) is 24.1. The summed E-state index contributed by atoms with van der Waals surface area (Å²) in [6, 6.07) is 15.0. The molecule has 41 heavy (non-hydrogen) atoms. The van der Waals surface area contributed by atoms with Gasteiger partial charge in [-0.05, 0) is 94.1 Å². The minimum absolute atomic E-state index is 0. The second kappa shape index (κ2) is 15.7. The largest absolute Gasteiger partial charge is 0.457 e. The Kier molecular flexibility index (Phi) is 12.7. The zero-order valence-corrected chi connectivity index (χ0v) is 25.7. The molecule has 11 heteroatoms. The first-order chi connectivity index (χ1) is 19.1. The first kappa shape index (κ1) is 33.1. The van der Waals surface area contributed by atoms with Gasteiger partial charge in [-0.1, -0.05) is 31.4 Å². The number of nitrogens with zero attached hydrogens (tertiary/aromatic N) is 1. The Labute approximate surface area is 250 Å². The van der Waals surface area contributed by atoms with E-state index in [4.69, 9.17) is 4.74 Å². The molecule has 2 atom stereocenters. The van der Waals surface area contributed by atoms with Crippen LogP contribution in [0.5, 0.6) is 11.5 Å². The molecule has 1 heterocycles. The van der Waals surface area contributed by atoms with Crippen molar-refractivity contribution in [3.05, 3.63) is 54.1 Å². The molecule has 1 saturated carbocycles. The number of carbonyl (C=O) groups excluding carboxylic acids is 1. The van der Waals surface area contributed by atoms with Crippen LogP contribution in [0.4, 0.5) is 5.69 Å². The number of amides is 1. The monoisotopic (exact) mass is 608 g/mol. The molecule has 228 valence electrons. The first-order valence-electron chi connectivity index (χ1n) is 14.4. The maximum atomic E-state index is 13.0. The average molecular weight is 609 g/mol. The number of piperidine rings is 1. The van der Waals surface area contributed by atoms with Crippen LogP contribution >= 0.6 is 12.4 Å². The van der Waals surface area contributed by atoms with E-state index in [9.17, 15) is 18.3 Å². The number of anilines is 1. The normalized spacial score (nSPS) is 18.6. The zero-order chi connectivity index (χ0) is 28.5. The van der Waals surface area contributed by atoms with E-state index in [1.807, 2.05) is 12.1 Å². The molecule has 0 bridgehead atoms. The molecule has 2 fully saturated rings. The van der Waals surface area contributed by atoms with Gasteiger partial charge in [-0.25, -0.2) is 8.42 Å². The summed E-state index contributed by atoms with van der Waals surface area (Å²) in [6.45, 7) is 4.47. The average Bonchev–Trinajstić information content (AvgIpc) is 2.91. The number of ether oxygens (including phenoxy) is 1. The number of likely N-dealkylation sites (tertiary alicyclic amines) is 1. The van der Waals surface area contributed by atoms with E-state index in [-0.39, 0.29) is 36.4 Å². The third-order valence-electron chi connectivity index (χ3n) is 7.59. The number of carbonyl (C=O) groups is 1. The fraction of sp³-hybridized carbons (Fsp3) is 0.567.